The van der Waals surface area contributed by atoms with Crippen LogP contribution in [0.15, 0.2) is 0 Å². The third-order valence-electron chi connectivity index (χ3n) is 19.5. The fraction of sp³-hybridized carbons (Fsp3) is 0.892. The van der Waals surface area contributed by atoms with Gasteiger partial charge >= 0.3 is 42.0 Å². The lowest BCUT2D eigenvalue weighted by Gasteiger charge is -2.34. The normalized spacial score (nSPS) is 24.1. The van der Waals surface area contributed by atoms with Crippen LogP contribution in [-0.2, 0) is 66.7 Å². The zero-order valence-electron chi connectivity index (χ0n) is 50.9. The van der Waals surface area contributed by atoms with Crippen LogP contribution in [0, 0.1) is 64.6 Å². The predicted molar refractivity (Wildman–Crippen MR) is 307 cm³/mol. The average molecular weight is 1130 g/mol. The first-order valence-corrected chi connectivity index (χ1v) is 32.2. The zero-order chi connectivity index (χ0) is 58.0. The van der Waals surface area contributed by atoms with E-state index in [1.54, 1.807) is 0 Å². The van der Waals surface area contributed by atoms with Gasteiger partial charge in [-0.25, -0.2) is 4.79 Å². The molecular formula is C65H110O15. The van der Waals surface area contributed by atoms with Crippen molar-refractivity contribution in [3.8, 4) is 0 Å². The van der Waals surface area contributed by atoms with Crippen molar-refractivity contribution in [2.24, 2.45) is 64.6 Å². The summed E-state index contributed by atoms with van der Waals surface area (Å²) in [5.74, 6) is 4.11. The summed E-state index contributed by atoms with van der Waals surface area (Å²) in [6, 6.07) is 0. The molecule has 2 unspecified atom stereocenters. The van der Waals surface area contributed by atoms with Gasteiger partial charge in [-0.05, 0) is 149 Å². The van der Waals surface area contributed by atoms with Gasteiger partial charge in [-0.15, -0.1) is 0 Å². The Kier molecular flexibility index (Phi) is 33.9. The van der Waals surface area contributed by atoms with E-state index in [4.69, 9.17) is 37.9 Å². The molecule has 0 bridgehead atoms. The highest BCUT2D eigenvalue weighted by atomic mass is 16.7. The van der Waals surface area contributed by atoms with Gasteiger partial charge in [0.25, 0.3) is 0 Å². The average Bonchev–Trinajstić information content (AvgIpc) is 3.47. The van der Waals surface area contributed by atoms with Gasteiger partial charge in [0.05, 0.1) is 14.2 Å². The number of carbonyl (C=O) groups excluding carboxylic acids is 7. The topological polar surface area (TPSA) is 193 Å². The highest BCUT2D eigenvalue weighted by molar-refractivity contribution is 5.71. The Morgan fingerprint density at radius 3 is 1.25 bits per heavy atom. The molecule has 4 fully saturated rings. The number of carbonyl (C=O) groups is 7. The van der Waals surface area contributed by atoms with Crippen molar-refractivity contribution in [2.45, 2.75) is 252 Å². The maximum atomic E-state index is 13.1. The number of hydrogen-bond acceptors (Lipinski definition) is 15. The maximum Gasteiger partial charge on any atom is 0.508 e. The van der Waals surface area contributed by atoms with Crippen LogP contribution in [0.2, 0.25) is 0 Å². The van der Waals surface area contributed by atoms with E-state index in [1.165, 1.54) is 52.7 Å². The van der Waals surface area contributed by atoms with Gasteiger partial charge in [0.1, 0.15) is 39.6 Å². The standard InChI is InChI=1S/C65H110O15/c1-7-48(39-51-23-29-54(30-24-51)42-60(68)74-6)15-13-14-18-58(66)79-46-65(9-3,10-4)47-80-63(71)45-57-33-27-53(28-34-57)40-52-25-31-56(32-26-52)44-62(70)76-36-38-78-64(72)77-37-35-75-61(69)43-55-21-19-50(20-22-55)17-12-11-16-49(8-2)41-59(67)73-5/h48-57H,7-47H2,1-6H3. The number of unbranched alkanes of at least 4 members (excludes halogenated alkanes) is 2. The number of esters is 6. The Morgan fingerprint density at radius 2 is 0.787 bits per heavy atom. The van der Waals surface area contributed by atoms with Gasteiger partial charge in [0.2, 0.25) is 0 Å². The summed E-state index contributed by atoms with van der Waals surface area (Å²) in [5, 5.41) is 0. The van der Waals surface area contributed by atoms with Gasteiger partial charge in [-0.3, -0.25) is 28.8 Å². The van der Waals surface area contributed by atoms with Crippen LogP contribution in [0.3, 0.4) is 0 Å². The molecule has 0 aromatic heterocycles. The summed E-state index contributed by atoms with van der Waals surface area (Å²) in [6.07, 6.45) is 32.8. The molecule has 15 nitrogen and oxygen atoms in total. The molecule has 80 heavy (non-hydrogen) atoms. The largest absolute Gasteiger partial charge is 0.508 e. The highest BCUT2D eigenvalue weighted by Crippen LogP contribution is 2.41. The molecule has 4 rings (SSSR count). The van der Waals surface area contributed by atoms with E-state index in [0.29, 0.717) is 91.8 Å². The second-order valence-electron chi connectivity index (χ2n) is 25.2. The molecule has 0 N–H and O–H groups in total. The van der Waals surface area contributed by atoms with Gasteiger partial charge in [0, 0.05) is 43.9 Å². The highest BCUT2D eigenvalue weighted by Gasteiger charge is 2.33. The Bertz CT molecular complexity index is 1760. The Morgan fingerprint density at radius 1 is 0.400 bits per heavy atom. The fourth-order valence-corrected chi connectivity index (χ4v) is 13.6. The number of hydrogen-bond donors (Lipinski definition) is 0. The van der Waals surface area contributed by atoms with Crippen LogP contribution < -0.4 is 0 Å². The van der Waals surface area contributed by atoms with Crippen molar-refractivity contribution >= 4 is 42.0 Å². The quantitative estimate of drug-likeness (QED) is 0.0322. The minimum Gasteiger partial charge on any atom is -0.469 e. The molecule has 0 heterocycles. The van der Waals surface area contributed by atoms with Crippen molar-refractivity contribution in [1.29, 1.82) is 0 Å². The Balaban J connectivity index is 0.948. The smallest absolute Gasteiger partial charge is 0.469 e. The molecule has 4 saturated carbocycles. The molecule has 0 aliphatic heterocycles. The van der Waals surface area contributed by atoms with E-state index in [-0.39, 0.29) is 80.9 Å². The van der Waals surface area contributed by atoms with E-state index in [2.05, 4.69) is 27.7 Å². The molecule has 0 aromatic rings. The molecule has 0 amide bonds. The molecule has 0 aromatic carbocycles. The molecule has 2 atom stereocenters. The SMILES string of the molecule is CCC(CCCCC1CCC(CC(=O)OCCOC(=O)OCCOC(=O)CC2CCC(CC3CCC(CC(=O)OCC(CC)(CC)COC(=O)CCCCC(CC)CC4CCC(CC(=O)OC)CC4)CC3)CC2)CC1)CC(=O)OC. The second kappa shape index (κ2) is 39.5. The lowest BCUT2D eigenvalue weighted by Crippen LogP contribution is -2.34. The Hall–Kier alpha value is -3.91. The minimum atomic E-state index is -0.893. The maximum absolute atomic E-state index is 13.1. The summed E-state index contributed by atoms with van der Waals surface area (Å²) < 4.78 is 42.2. The number of ether oxygens (including phenoxy) is 8. The van der Waals surface area contributed by atoms with E-state index >= 15 is 0 Å². The first kappa shape index (κ1) is 68.6. The van der Waals surface area contributed by atoms with Crippen LogP contribution in [0.25, 0.3) is 0 Å². The summed E-state index contributed by atoms with van der Waals surface area (Å²) in [6.45, 7) is 8.80. The number of rotatable bonds is 38. The molecule has 0 radical (unpaired) electrons. The van der Waals surface area contributed by atoms with E-state index in [0.717, 1.165) is 154 Å². The Labute approximate surface area is 482 Å². The van der Waals surface area contributed by atoms with Gasteiger partial charge in [-0.1, -0.05) is 124 Å². The van der Waals surface area contributed by atoms with Crippen LogP contribution in [0.4, 0.5) is 4.79 Å². The first-order chi connectivity index (χ1) is 38.7. The zero-order valence-corrected chi connectivity index (χ0v) is 50.9. The van der Waals surface area contributed by atoms with Gasteiger partial charge in [-0.2, -0.15) is 0 Å². The summed E-state index contributed by atoms with van der Waals surface area (Å²) in [4.78, 5) is 86.3. The summed E-state index contributed by atoms with van der Waals surface area (Å²) >= 11 is 0. The lowest BCUT2D eigenvalue weighted by molar-refractivity contribution is -0.156. The molecule has 15 heteroatoms. The third-order valence-corrected chi connectivity index (χ3v) is 19.5. The molecule has 460 valence electrons. The number of methoxy groups -OCH3 is 2. The monoisotopic (exact) mass is 1130 g/mol. The molecule has 0 spiro atoms. The molecule has 4 aliphatic rings. The molecule has 0 saturated heterocycles. The van der Waals surface area contributed by atoms with Crippen molar-refractivity contribution < 1.29 is 71.5 Å². The lowest BCUT2D eigenvalue weighted by atomic mass is 9.72. The van der Waals surface area contributed by atoms with E-state index in [9.17, 15) is 33.6 Å². The summed E-state index contributed by atoms with van der Waals surface area (Å²) in [7, 11) is 2.91. The van der Waals surface area contributed by atoms with Crippen LogP contribution >= 0.6 is 0 Å². The van der Waals surface area contributed by atoms with E-state index < -0.39 is 6.16 Å². The summed E-state index contributed by atoms with van der Waals surface area (Å²) in [5.41, 5.74) is -0.376. The van der Waals surface area contributed by atoms with Crippen LogP contribution in [-0.4, -0.2) is 95.8 Å². The van der Waals surface area contributed by atoms with Crippen molar-refractivity contribution in [2.75, 3.05) is 53.9 Å². The molecular weight excluding hydrogens is 1020 g/mol. The minimum absolute atomic E-state index is 0.0358. The molecule has 4 aliphatic carbocycles. The van der Waals surface area contributed by atoms with Crippen molar-refractivity contribution in [3.63, 3.8) is 0 Å². The van der Waals surface area contributed by atoms with Crippen LogP contribution in [0.5, 0.6) is 0 Å². The second-order valence-corrected chi connectivity index (χ2v) is 25.2. The van der Waals surface area contributed by atoms with Crippen molar-refractivity contribution in [3.05, 3.63) is 0 Å². The van der Waals surface area contributed by atoms with Gasteiger partial charge in [0.15, 0.2) is 0 Å². The van der Waals surface area contributed by atoms with E-state index in [1.807, 2.05) is 0 Å². The fourth-order valence-electron chi connectivity index (χ4n) is 13.6. The van der Waals surface area contributed by atoms with Crippen molar-refractivity contribution in [1.82, 2.24) is 0 Å². The van der Waals surface area contributed by atoms with Gasteiger partial charge < -0.3 is 37.9 Å². The third kappa shape index (κ3) is 28.4. The van der Waals surface area contributed by atoms with Crippen LogP contribution in [0.1, 0.15) is 252 Å². The first-order valence-electron chi connectivity index (χ1n) is 32.2. The predicted octanol–water partition coefficient (Wildman–Crippen LogP) is 14.6.